The Bertz CT molecular complexity index is 348. The van der Waals surface area contributed by atoms with Crippen LogP contribution in [0.3, 0.4) is 0 Å². The van der Waals surface area contributed by atoms with Gasteiger partial charge >= 0.3 is 0 Å². The van der Waals surface area contributed by atoms with E-state index in [2.05, 4.69) is 65.1 Å². The van der Waals surface area contributed by atoms with Gasteiger partial charge in [-0.3, -0.25) is 0 Å². The number of nitrogens with zero attached hydrogens (tertiary/aromatic N) is 5. The van der Waals surface area contributed by atoms with Crippen LogP contribution < -0.4 is 5.32 Å². The number of piperazine rings is 1. The minimum Gasteiger partial charge on any atom is -0.379 e. The molecule has 5 aliphatic rings. The van der Waals surface area contributed by atoms with Crippen molar-refractivity contribution < 1.29 is 4.74 Å². The Hall–Kier alpha value is -0.280. The molecule has 0 unspecified atom stereocenters. The molecule has 0 aromatic heterocycles. The summed E-state index contributed by atoms with van der Waals surface area (Å²) in [5.74, 6) is 0. The summed E-state index contributed by atoms with van der Waals surface area (Å²) >= 11 is 0. The van der Waals surface area contributed by atoms with Crippen molar-refractivity contribution in [3.8, 4) is 0 Å². The molecule has 0 aliphatic carbocycles. The van der Waals surface area contributed by atoms with Gasteiger partial charge in [0.15, 0.2) is 0 Å². The first-order chi connectivity index (χ1) is 15.5. The second-order valence-electron chi connectivity index (χ2n) is 10.0. The van der Waals surface area contributed by atoms with Crippen molar-refractivity contribution in [2.45, 2.75) is 38.5 Å². The van der Waals surface area contributed by atoms with E-state index in [1.54, 1.807) is 0 Å². The van der Waals surface area contributed by atoms with Crippen LogP contribution >= 0.6 is 0 Å². The topological polar surface area (TPSA) is 37.5 Å². The summed E-state index contributed by atoms with van der Waals surface area (Å²) in [5, 5.41) is 3.27. The molecule has 0 atom stereocenters. The van der Waals surface area contributed by atoms with E-state index in [0.29, 0.717) is 0 Å². The molecule has 0 radical (unpaired) electrons. The van der Waals surface area contributed by atoms with Crippen LogP contribution in [0.4, 0.5) is 0 Å². The van der Waals surface area contributed by atoms with Crippen LogP contribution in [0.25, 0.3) is 0 Å². The van der Waals surface area contributed by atoms with E-state index in [4.69, 9.17) is 4.74 Å². The van der Waals surface area contributed by atoms with Gasteiger partial charge in [-0.25, -0.2) is 0 Å². The van der Waals surface area contributed by atoms with Crippen molar-refractivity contribution in [1.29, 1.82) is 0 Å². The van der Waals surface area contributed by atoms with E-state index in [1.165, 1.54) is 90.9 Å². The van der Waals surface area contributed by atoms with Crippen LogP contribution in [-0.2, 0) is 4.74 Å². The summed E-state index contributed by atoms with van der Waals surface area (Å²) in [6.45, 7) is 16.7. The number of piperidine rings is 1. The van der Waals surface area contributed by atoms with Crippen molar-refractivity contribution in [2.24, 2.45) is 0 Å². The fraction of sp³-hybridized carbons (Fsp3) is 1.00. The molecular formula is C25H56N6O. The van der Waals surface area contributed by atoms with E-state index in [1.807, 2.05) is 0 Å². The summed E-state index contributed by atoms with van der Waals surface area (Å²) < 4.78 is 5.10. The number of rotatable bonds is 0. The predicted molar refractivity (Wildman–Crippen MR) is 139 cm³/mol. The molecule has 5 fully saturated rings. The minimum absolute atomic E-state index is 0.913. The number of hydrogen-bond donors (Lipinski definition) is 1. The lowest BCUT2D eigenvalue weighted by Crippen LogP contribution is -2.40. The lowest BCUT2D eigenvalue weighted by Gasteiger charge is -2.24. The summed E-state index contributed by atoms with van der Waals surface area (Å²) in [6, 6.07) is 0. The maximum absolute atomic E-state index is 5.10. The fourth-order valence-electron chi connectivity index (χ4n) is 3.83. The Balaban J connectivity index is 0.000000201. The largest absolute Gasteiger partial charge is 0.379 e. The third-order valence-corrected chi connectivity index (χ3v) is 6.56. The number of likely N-dealkylation sites (tertiary alicyclic amines) is 3. The second-order valence-corrected chi connectivity index (χ2v) is 10.0. The molecule has 5 aliphatic heterocycles. The van der Waals surface area contributed by atoms with Gasteiger partial charge in [0.05, 0.1) is 13.2 Å². The smallest absolute Gasteiger partial charge is 0.0594 e. The van der Waals surface area contributed by atoms with E-state index in [0.717, 1.165) is 39.4 Å². The van der Waals surface area contributed by atoms with Gasteiger partial charge in [-0.1, -0.05) is 6.42 Å². The van der Waals surface area contributed by atoms with Crippen molar-refractivity contribution in [3.63, 3.8) is 0 Å². The quantitative estimate of drug-likeness (QED) is 0.593. The van der Waals surface area contributed by atoms with Crippen molar-refractivity contribution in [1.82, 2.24) is 29.8 Å². The highest BCUT2D eigenvalue weighted by molar-refractivity contribution is 4.62. The zero-order valence-electron chi connectivity index (χ0n) is 22.3. The van der Waals surface area contributed by atoms with Crippen LogP contribution in [0.1, 0.15) is 38.5 Å². The molecular weight excluding hydrogens is 400 g/mol. The SMILES string of the molecule is CN1CCC1.CN1CCCC1.CN1CCCCC1.CN1CCNCC1.CN1CCOCC1. The zero-order chi connectivity index (χ0) is 23.4. The third kappa shape index (κ3) is 18.2. The molecule has 5 saturated heterocycles. The second kappa shape index (κ2) is 20.1. The lowest BCUT2D eigenvalue weighted by atomic mass is 10.1. The van der Waals surface area contributed by atoms with Gasteiger partial charge in [0, 0.05) is 39.3 Å². The molecule has 0 spiro atoms. The standard InChI is InChI=1S/C6H13N.C5H12N2.C5H11NO.C5H11N.C4H9N/c1-7-5-3-2-4-6-7;1-7-4-2-6-3-5-7;1-6-2-4-7-5-3-6;1-6-4-2-3-5-6;1-5-3-2-4-5/h2-6H2,1H3;6H,2-5H2,1H3;2-5H2,1H3;2-5H2,1H3;2-4H2,1H3. The Labute approximate surface area is 200 Å². The van der Waals surface area contributed by atoms with Gasteiger partial charge in [-0.2, -0.15) is 0 Å². The summed E-state index contributed by atoms with van der Waals surface area (Å²) in [6.07, 6.45) is 8.51. The number of nitrogens with one attached hydrogen (secondary N) is 1. The van der Waals surface area contributed by atoms with Crippen LogP contribution in [0.15, 0.2) is 0 Å². The molecule has 5 rings (SSSR count). The molecule has 192 valence electrons. The van der Waals surface area contributed by atoms with Gasteiger partial charge in [-0.05, 0) is 107 Å². The maximum atomic E-state index is 5.10. The molecule has 0 bridgehead atoms. The highest BCUT2D eigenvalue weighted by Gasteiger charge is 2.05. The van der Waals surface area contributed by atoms with Crippen molar-refractivity contribution in [3.05, 3.63) is 0 Å². The highest BCUT2D eigenvalue weighted by atomic mass is 16.5. The van der Waals surface area contributed by atoms with Gasteiger partial charge in [0.2, 0.25) is 0 Å². The molecule has 7 nitrogen and oxygen atoms in total. The zero-order valence-corrected chi connectivity index (χ0v) is 22.3. The monoisotopic (exact) mass is 456 g/mol. The lowest BCUT2D eigenvalue weighted by molar-refractivity contribution is 0.0503. The average molecular weight is 457 g/mol. The predicted octanol–water partition coefficient (Wildman–Crippen LogP) is 1.61. The Morgan fingerprint density at radius 1 is 0.406 bits per heavy atom. The fourth-order valence-corrected chi connectivity index (χ4v) is 3.83. The highest BCUT2D eigenvalue weighted by Crippen LogP contribution is 2.04. The molecule has 0 saturated carbocycles. The first kappa shape index (κ1) is 29.8. The van der Waals surface area contributed by atoms with Crippen LogP contribution in [-0.4, -0.2) is 151 Å². The van der Waals surface area contributed by atoms with Crippen LogP contribution in [0.5, 0.6) is 0 Å². The van der Waals surface area contributed by atoms with Gasteiger partial charge in [-0.15, -0.1) is 0 Å². The Morgan fingerprint density at radius 2 is 0.750 bits per heavy atom. The average Bonchev–Trinajstić information content (AvgIpc) is 3.27. The van der Waals surface area contributed by atoms with Crippen LogP contribution in [0, 0.1) is 0 Å². The molecule has 1 N–H and O–H groups in total. The van der Waals surface area contributed by atoms with Gasteiger partial charge < -0.3 is 34.6 Å². The van der Waals surface area contributed by atoms with E-state index >= 15 is 0 Å². The Kier molecular flexibility index (Phi) is 18.7. The summed E-state index contributed by atoms with van der Waals surface area (Å²) in [4.78, 5) is 11.7. The number of hydrogen-bond acceptors (Lipinski definition) is 7. The molecule has 7 heteroatoms. The maximum Gasteiger partial charge on any atom is 0.0594 e. The number of ether oxygens (including phenoxy) is 1. The molecule has 5 heterocycles. The molecule has 0 aromatic rings. The van der Waals surface area contributed by atoms with Gasteiger partial charge in [0.1, 0.15) is 0 Å². The minimum atomic E-state index is 0.913. The van der Waals surface area contributed by atoms with Crippen molar-refractivity contribution >= 4 is 0 Å². The summed E-state index contributed by atoms with van der Waals surface area (Å²) in [7, 11) is 10.8. The normalized spacial score (nSPS) is 25.4. The van der Waals surface area contributed by atoms with E-state index in [-0.39, 0.29) is 0 Å². The summed E-state index contributed by atoms with van der Waals surface area (Å²) in [5.41, 5.74) is 0. The molecule has 32 heavy (non-hydrogen) atoms. The number of likely N-dealkylation sites (N-methyl/N-ethyl adjacent to an activating group) is 2. The first-order valence-corrected chi connectivity index (χ1v) is 13.2. The van der Waals surface area contributed by atoms with Crippen LogP contribution in [0.2, 0.25) is 0 Å². The van der Waals surface area contributed by atoms with Crippen molar-refractivity contribution in [2.75, 3.05) is 127 Å². The Morgan fingerprint density at radius 3 is 0.938 bits per heavy atom. The van der Waals surface area contributed by atoms with E-state index < -0.39 is 0 Å². The third-order valence-electron chi connectivity index (χ3n) is 6.56. The molecule has 0 amide bonds. The first-order valence-electron chi connectivity index (χ1n) is 13.2. The van der Waals surface area contributed by atoms with E-state index in [9.17, 15) is 0 Å². The number of morpholine rings is 1. The molecule has 0 aromatic carbocycles. The van der Waals surface area contributed by atoms with Gasteiger partial charge in [0.25, 0.3) is 0 Å².